The quantitative estimate of drug-likeness (QED) is 0.895. The second kappa shape index (κ2) is 7.04. The third kappa shape index (κ3) is 4.14. The molecule has 1 spiro atoms. The molecule has 0 aromatic carbocycles. The summed E-state index contributed by atoms with van der Waals surface area (Å²) in [7, 11) is 1.83. The molecule has 23 heavy (non-hydrogen) atoms. The Bertz CT molecular complexity index is 524. The predicted octanol–water partition coefficient (Wildman–Crippen LogP) is 2.33. The zero-order valence-corrected chi connectivity index (χ0v) is 14.1. The lowest BCUT2D eigenvalue weighted by molar-refractivity contribution is -0.130. The van der Waals surface area contributed by atoms with E-state index < -0.39 is 6.10 Å². The number of nitrogens with one attached hydrogen (secondary N) is 1. The number of hydrogen-bond acceptors (Lipinski definition) is 3. The molecule has 0 aliphatic heterocycles. The van der Waals surface area contributed by atoms with E-state index in [1.54, 1.807) is 10.9 Å². The fourth-order valence-corrected chi connectivity index (χ4v) is 4.37. The van der Waals surface area contributed by atoms with Gasteiger partial charge in [0.05, 0.1) is 6.20 Å². The summed E-state index contributed by atoms with van der Waals surface area (Å²) in [5.41, 5.74) is 1.45. The van der Waals surface area contributed by atoms with E-state index in [1.165, 1.54) is 44.9 Å². The van der Waals surface area contributed by atoms with Crippen molar-refractivity contribution in [2.24, 2.45) is 12.5 Å². The number of aromatic nitrogens is 2. The lowest BCUT2D eigenvalue weighted by atomic mass is 9.64. The molecule has 3 rings (SSSR count). The van der Waals surface area contributed by atoms with Crippen LogP contribution in [0.2, 0.25) is 0 Å². The summed E-state index contributed by atoms with van der Waals surface area (Å²) in [6.07, 6.45) is 14.4. The van der Waals surface area contributed by atoms with Crippen molar-refractivity contribution in [2.75, 3.05) is 0 Å². The molecule has 5 nitrogen and oxygen atoms in total. The van der Waals surface area contributed by atoms with Crippen molar-refractivity contribution in [3.63, 3.8) is 0 Å². The van der Waals surface area contributed by atoms with Gasteiger partial charge in [-0.15, -0.1) is 0 Å². The highest BCUT2D eigenvalue weighted by molar-refractivity contribution is 5.81. The third-order valence-corrected chi connectivity index (χ3v) is 5.80. The van der Waals surface area contributed by atoms with E-state index in [9.17, 15) is 9.90 Å². The summed E-state index contributed by atoms with van der Waals surface area (Å²) in [5, 5.41) is 17.2. The molecule has 0 unspecified atom stereocenters. The van der Waals surface area contributed by atoms with Gasteiger partial charge in [-0.3, -0.25) is 9.48 Å². The Hall–Kier alpha value is -1.36. The Labute approximate surface area is 138 Å². The van der Waals surface area contributed by atoms with Gasteiger partial charge in [-0.1, -0.05) is 19.3 Å². The topological polar surface area (TPSA) is 67.2 Å². The first-order valence-electron chi connectivity index (χ1n) is 9.02. The van der Waals surface area contributed by atoms with Crippen molar-refractivity contribution >= 4 is 5.91 Å². The highest BCUT2D eigenvalue weighted by Gasteiger charge is 2.36. The summed E-state index contributed by atoms with van der Waals surface area (Å²) >= 11 is 0. The average molecular weight is 319 g/mol. The van der Waals surface area contributed by atoms with Crippen LogP contribution in [0.5, 0.6) is 0 Å². The Balaban J connectivity index is 1.45. The van der Waals surface area contributed by atoms with Crippen molar-refractivity contribution in [3.05, 3.63) is 18.0 Å². The monoisotopic (exact) mass is 319 g/mol. The SMILES string of the molecule is Cn1cc(C[C@H](O)C(=O)NC2CCC3(CCCCC3)CC2)cn1. The molecule has 128 valence electrons. The van der Waals surface area contributed by atoms with E-state index in [0.29, 0.717) is 11.8 Å². The number of aryl methyl sites for hydroxylation is 1. The Kier molecular flexibility index (Phi) is 5.05. The van der Waals surface area contributed by atoms with Crippen LogP contribution >= 0.6 is 0 Å². The summed E-state index contributed by atoms with van der Waals surface area (Å²) in [5.74, 6) is -0.238. The number of amides is 1. The van der Waals surface area contributed by atoms with Crippen molar-refractivity contribution in [1.82, 2.24) is 15.1 Å². The molecule has 1 heterocycles. The van der Waals surface area contributed by atoms with Gasteiger partial charge < -0.3 is 10.4 Å². The van der Waals surface area contributed by atoms with Gasteiger partial charge in [0, 0.05) is 25.7 Å². The summed E-state index contributed by atoms with van der Waals surface area (Å²) in [6, 6.07) is 0.235. The molecule has 2 N–H and O–H groups in total. The van der Waals surface area contributed by atoms with Crippen LogP contribution in [0.25, 0.3) is 0 Å². The molecule has 2 fully saturated rings. The number of carbonyl (C=O) groups excluding carboxylic acids is 1. The lowest BCUT2D eigenvalue weighted by Crippen LogP contribution is -2.45. The van der Waals surface area contributed by atoms with E-state index in [1.807, 2.05) is 13.2 Å². The van der Waals surface area contributed by atoms with Gasteiger partial charge in [-0.2, -0.15) is 5.10 Å². The van der Waals surface area contributed by atoms with Crippen LogP contribution in [0, 0.1) is 5.41 Å². The van der Waals surface area contributed by atoms with Crippen LogP contribution in [0.1, 0.15) is 63.4 Å². The van der Waals surface area contributed by atoms with E-state index in [2.05, 4.69) is 10.4 Å². The molecule has 1 aromatic rings. The first-order valence-corrected chi connectivity index (χ1v) is 9.02. The molecule has 1 aromatic heterocycles. The zero-order chi connectivity index (χ0) is 16.3. The summed E-state index contributed by atoms with van der Waals surface area (Å²) in [6.45, 7) is 0. The first-order chi connectivity index (χ1) is 11.1. The van der Waals surface area contributed by atoms with Crippen LogP contribution in [-0.4, -0.2) is 32.9 Å². The van der Waals surface area contributed by atoms with E-state index in [0.717, 1.165) is 18.4 Å². The van der Waals surface area contributed by atoms with Gasteiger partial charge >= 0.3 is 0 Å². The molecule has 1 amide bonds. The Morgan fingerprint density at radius 1 is 1.35 bits per heavy atom. The van der Waals surface area contributed by atoms with Crippen molar-refractivity contribution in [1.29, 1.82) is 0 Å². The predicted molar refractivity (Wildman–Crippen MR) is 88.8 cm³/mol. The number of carbonyl (C=O) groups is 1. The van der Waals surface area contributed by atoms with Crippen molar-refractivity contribution in [3.8, 4) is 0 Å². The van der Waals surface area contributed by atoms with Crippen molar-refractivity contribution < 1.29 is 9.90 Å². The van der Waals surface area contributed by atoms with Crippen LogP contribution in [0.4, 0.5) is 0 Å². The van der Waals surface area contributed by atoms with Gasteiger partial charge in [-0.25, -0.2) is 0 Å². The Morgan fingerprint density at radius 3 is 2.65 bits per heavy atom. The van der Waals surface area contributed by atoms with E-state index >= 15 is 0 Å². The minimum Gasteiger partial charge on any atom is -0.383 e. The van der Waals surface area contributed by atoms with E-state index in [4.69, 9.17) is 0 Å². The molecule has 2 saturated carbocycles. The lowest BCUT2D eigenvalue weighted by Gasteiger charge is -2.43. The minimum atomic E-state index is -0.982. The normalized spacial score (nSPS) is 22.9. The highest BCUT2D eigenvalue weighted by Crippen LogP contribution is 2.47. The molecule has 0 radical (unpaired) electrons. The van der Waals surface area contributed by atoms with Crippen LogP contribution in [0.15, 0.2) is 12.4 Å². The molecule has 2 aliphatic rings. The summed E-state index contributed by atoms with van der Waals surface area (Å²) < 4.78 is 1.69. The first kappa shape index (κ1) is 16.5. The largest absolute Gasteiger partial charge is 0.383 e. The standard InChI is InChI=1S/C18H29N3O2/c1-21-13-14(12-19-21)11-16(22)17(23)20-15-5-9-18(10-6-15)7-3-2-4-8-18/h12-13,15-16,22H,2-11H2,1H3,(H,20,23)/t16-/m0/s1. The van der Waals surface area contributed by atoms with Gasteiger partial charge in [-0.05, 0) is 49.5 Å². The van der Waals surface area contributed by atoms with E-state index in [-0.39, 0.29) is 11.9 Å². The number of nitrogens with zero attached hydrogens (tertiary/aromatic N) is 2. The number of aliphatic hydroxyl groups excluding tert-OH is 1. The summed E-state index contributed by atoms with van der Waals surface area (Å²) in [4.78, 5) is 12.2. The smallest absolute Gasteiger partial charge is 0.249 e. The molecule has 0 bridgehead atoms. The van der Waals surface area contributed by atoms with Crippen molar-refractivity contribution in [2.45, 2.75) is 76.4 Å². The highest BCUT2D eigenvalue weighted by atomic mass is 16.3. The van der Waals surface area contributed by atoms with Gasteiger partial charge in [0.15, 0.2) is 0 Å². The maximum absolute atomic E-state index is 12.2. The molecule has 1 atom stereocenters. The zero-order valence-electron chi connectivity index (χ0n) is 14.1. The van der Waals surface area contributed by atoms with Gasteiger partial charge in [0.2, 0.25) is 5.91 Å². The second-order valence-electron chi connectivity index (χ2n) is 7.59. The number of hydrogen-bond donors (Lipinski definition) is 2. The molecule has 2 aliphatic carbocycles. The number of aliphatic hydroxyl groups is 1. The van der Waals surface area contributed by atoms with Crippen LogP contribution < -0.4 is 5.32 Å². The average Bonchev–Trinajstić information content (AvgIpc) is 2.95. The van der Waals surface area contributed by atoms with Gasteiger partial charge in [0.1, 0.15) is 6.10 Å². The Morgan fingerprint density at radius 2 is 2.04 bits per heavy atom. The fourth-order valence-electron chi connectivity index (χ4n) is 4.37. The van der Waals surface area contributed by atoms with Crippen LogP contribution in [-0.2, 0) is 18.3 Å². The fraction of sp³-hybridized carbons (Fsp3) is 0.778. The molecule has 0 saturated heterocycles. The maximum Gasteiger partial charge on any atom is 0.249 e. The third-order valence-electron chi connectivity index (χ3n) is 5.80. The molecular weight excluding hydrogens is 290 g/mol. The molecule has 5 heteroatoms. The second-order valence-corrected chi connectivity index (χ2v) is 7.59. The van der Waals surface area contributed by atoms with Crippen LogP contribution in [0.3, 0.4) is 0 Å². The maximum atomic E-state index is 12.2. The minimum absolute atomic E-state index is 0.235. The van der Waals surface area contributed by atoms with Gasteiger partial charge in [0.25, 0.3) is 0 Å². The number of rotatable bonds is 4. The molecular formula is C18H29N3O2.